The van der Waals surface area contributed by atoms with Gasteiger partial charge in [0.25, 0.3) is 11.8 Å². The third-order valence-corrected chi connectivity index (χ3v) is 10.6. The summed E-state index contributed by atoms with van der Waals surface area (Å²) in [5, 5.41) is 7.58. The largest absolute Gasteiger partial charge is 0.378 e. The number of carbonyl (C=O) groups excluding carboxylic acids is 2. The van der Waals surface area contributed by atoms with Crippen molar-refractivity contribution in [2.24, 2.45) is 5.92 Å². The average Bonchev–Trinajstić information content (AvgIpc) is 3.86. The number of aromatic nitrogens is 1. The van der Waals surface area contributed by atoms with Crippen LogP contribution in [0.4, 0.5) is 11.4 Å². The molecule has 0 aliphatic heterocycles. The highest BCUT2D eigenvalue weighted by atomic mass is 32.2. The van der Waals surface area contributed by atoms with E-state index in [4.69, 9.17) is 4.98 Å². The van der Waals surface area contributed by atoms with Crippen LogP contribution in [0.2, 0.25) is 0 Å². The van der Waals surface area contributed by atoms with Crippen molar-refractivity contribution in [2.75, 3.05) is 44.5 Å². The van der Waals surface area contributed by atoms with E-state index in [0.717, 1.165) is 35.5 Å². The van der Waals surface area contributed by atoms with Crippen LogP contribution in [-0.2, 0) is 10.0 Å². The molecule has 1 saturated carbocycles. The normalized spacial score (nSPS) is 17.3. The minimum Gasteiger partial charge on any atom is -0.378 e. The molecular weight excluding hydrogens is 625 g/mol. The van der Waals surface area contributed by atoms with Crippen LogP contribution in [0.25, 0.3) is 10.8 Å². The molecule has 1 heterocycles. The van der Waals surface area contributed by atoms with Gasteiger partial charge in [-0.25, -0.2) is 13.1 Å². The maximum absolute atomic E-state index is 13.9. The molecule has 1 fully saturated rings. The van der Waals surface area contributed by atoms with Gasteiger partial charge in [0.2, 0.25) is 10.0 Å². The summed E-state index contributed by atoms with van der Waals surface area (Å²) in [4.78, 5) is 36.1. The van der Waals surface area contributed by atoms with Gasteiger partial charge in [0.15, 0.2) is 0 Å². The quantitative estimate of drug-likeness (QED) is 0.192. The fraction of sp³-hybridized carbons (Fsp3) is 0.378. The first-order valence-corrected chi connectivity index (χ1v) is 17.9. The molecule has 2 aliphatic rings. The van der Waals surface area contributed by atoms with Crippen LogP contribution >= 0.6 is 0 Å². The Hall–Kier alpha value is -4.48. The summed E-state index contributed by atoms with van der Waals surface area (Å²) in [6.07, 6.45) is 4.14. The van der Waals surface area contributed by atoms with Gasteiger partial charge in [-0.1, -0.05) is 13.8 Å². The molecule has 2 amide bonds. The maximum atomic E-state index is 13.9. The highest BCUT2D eigenvalue weighted by Gasteiger charge is 2.38. The summed E-state index contributed by atoms with van der Waals surface area (Å²) in [6, 6.07) is 17.2. The van der Waals surface area contributed by atoms with Crippen LogP contribution in [0.15, 0.2) is 71.8 Å². The molecule has 10 nitrogen and oxygen atoms in total. The molecule has 2 unspecified atom stereocenters. The number of anilines is 2. The zero-order valence-electron chi connectivity index (χ0n) is 28.4. The molecule has 1 aromatic heterocycles. The lowest BCUT2D eigenvalue weighted by Gasteiger charge is -2.19. The monoisotopic (exact) mass is 668 g/mol. The number of pyridine rings is 1. The second-order valence-electron chi connectivity index (χ2n) is 13.7. The predicted octanol–water partition coefficient (Wildman–Crippen LogP) is 5.52. The molecule has 6 rings (SSSR count). The molecule has 252 valence electrons. The summed E-state index contributed by atoms with van der Waals surface area (Å²) in [6.45, 7) is 4.20. The number of sulfonamides is 1. The third kappa shape index (κ3) is 6.88. The molecule has 3 N–H and O–H groups in total. The van der Waals surface area contributed by atoms with E-state index in [1.807, 2.05) is 82.2 Å². The van der Waals surface area contributed by atoms with Crippen molar-refractivity contribution in [1.29, 1.82) is 0 Å². The number of carbonyl (C=O) groups is 2. The van der Waals surface area contributed by atoms with Crippen molar-refractivity contribution in [3.05, 3.63) is 94.8 Å². The smallest absolute Gasteiger partial charge is 0.251 e. The number of fused-ring (bicyclic) bond motifs is 3. The van der Waals surface area contributed by atoms with Crippen LogP contribution in [0.3, 0.4) is 0 Å². The molecule has 0 spiro atoms. The Bertz CT molecular complexity index is 1950. The fourth-order valence-electron chi connectivity index (χ4n) is 6.25. The van der Waals surface area contributed by atoms with Crippen molar-refractivity contribution in [3.63, 3.8) is 0 Å². The van der Waals surface area contributed by atoms with Gasteiger partial charge in [0, 0.05) is 85.8 Å². The van der Waals surface area contributed by atoms with Crippen LogP contribution in [0.1, 0.15) is 88.6 Å². The molecule has 11 heteroatoms. The topological polar surface area (TPSA) is 124 Å². The summed E-state index contributed by atoms with van der Waals surface area (Å²) in [7, 11) is 3.83. The van der Waals surface area contributed by atoms with Gasteiger partial charge in [0.1, 0.15) is 0 Å². The molecule has 2 aliphatic carbocycles. The van der Waals surface area contributed by atoms with E-state index in [2.05, 4.69) is 15.4 Å². The Balaban J connectivity index is 1.44. The number of benzene rings is 3. The van der Waals surface area contributed by atoms with Crippen molar-refractivity contribution in [2.45, 2.75) is 56.0 Å². The molecular formula is C37H44N6O4S. The van der Waals surface area contributed by atoms with E-state index < -0.39 is 22.1 Å². The number of nitrogens with zero attached hydrogens (tertiary/aromatic N) is 3. The maximum Gasteiger partial charge on any atom is 0.251 e. The zero-order valence-corrected chi connectivity index (χ0v) is 29.2. The summed E-state index contributed by atoms with van der Waals surface area (Å²) in [5.41, 5.74) is 5.22. The predicted molar refractivity (Wildman–Crippen MR) is 190 cm³/mol. The number of hydrogen-bond acceptors (Lipinski definition) is 7. The SMILES string of the molecule is CC(C)CNS(=O)(=O)c1cc2c(c3cnc(C4CC4)cc13)C(NC(=O)c1ccc(N(C)C)cc1)CC2NC(=O)c1ccc(N(C)C)cc1. The van der Waals surface area contributed by atoms with Gasteiger partial charge in [-0.15, -0.1) is 0 Å². The molecule has 2 atom stereocenters. The second kappa shape index (κ2) is 13.2. The lowest BCUT2D eigenvalue weighted by Crippen LogP contribution is -2.30. The first-order chi connectivity index (χ1) is 22.8. The third-order valence-electron chi connectivity index (χ3n) is 9.14. The van der Waals surface area contributed by atoms with E-state index in [9.17, 15) is 18.0 Å². The van der Waals surface area contributed by atoms with Gasteiger partial charge >= 0.3 is 0 Å². The van der Waals surface area contributed by atoms with Gasteiger partial charge in [0.05, 0.1) is 17.0 Å². The Labute approximate surface area is 283 Å². The summed E-state index contributed by atoms with van der Waals surface area (Å²) >= 11 is 0. The van der Waals surface area contributed by atoms with Crippen LogP contribution in [-0.4, -0.2) is 60.0 Å². The number of hydrogen-bond donors (Lipinski definition) is 3. The minimum atomic E-state index is -3.92. The minimum absolute atomic E-state index is 0.112. The first-order valence-electron chi connectivity index (χ1n) is 16.4. The Kier molecular flexibility index (Phi) is 9.19. The van der Waals surface area contributed by atoms with E-state index in [1.165, 1.54) is 0 Å². The first kappa shape index (κ1) is 33.4. The van der Waals surface area contributed by atoms with Gasteiger partial charge in [-0.3, -0.25) is 14.6 Å². The molecule has 3 aromatic carbocycles. The van der Waals surface area contributed by atoms with E-state index in [1.54, 1.807) is 36.5 Å². The highest BCUT2D eigenvalue weighted by Crippen LogP contribution is 2.47. The number of rotatable bonds is 11. The van der Waals surface area contributed by atoms with Crippen LogP contribution < -0.4 is 25.2 Å². The summed E-state index contributed by atoms with van der Waals surface area (Å²) in [5.74, 6) is -0.115. The fourth-order valence-corrected chi connectivity index (χ4v) is 7.70. The Morgan fingerprint density at radius 3 is 1.85 bits per heavy atom. The van der Waals surface area contributed by atoms with Crippen LogP contribution in [0, 0.1) is 5.92 Å². The highest BCUT2D eigenvalue weighted by molar-refractivity contribution is 7.89. The second-order valence-corrected chi connectivity index (χ2v) is 15.5. The number of amides is 2. The van der Waals surface area contributed by atoms with Gasteiger partial charge in [-0.2, -0.15) is 0 Å². The summed E-state index contributed by atoms with van der Waals surface area (Å²) < 4.78 is 30.6. The zero-order chi connectivity index (χ0) is 34.3. The Morgan fingerprint density at radius 2 is 1.35 bits per heavy atom. The van der Waals surface area contributed by atoms with Crippen molar-refractivity contribution >= 4 is 44.0 Å². The standard InChI is InChI=1S/C37H44N6O4S/c1-22(2)20-39-48(46,47)34-18-29-32(40-36(44)24-9-13-26(14-10-24)42(3)4)19-33(41-37(45)25-11-15-27(16-12-25)43(5)6)35(29)30-21-38-31(17-28(30)34)23-7-8-23/h9-18,21-23,32-33,39H,7-8,19-20H2,1-6H3,(H,40,44)(H,41,45). The molecule has 48 heavy (non-hydrogen) atoms. The van der Waals surface area contributed by atoms with Crippen molar-refractivity contribution in [1.82, 2.24) is 20.3 Å². The Morgan fingerprint density at radius 1 is 0.812 bits per heavy atom. The van der Waals surface area contributed by atoms with E-state index in [0.29, 0.717) is 39.8 Å². The molecule has 0 bridgehead atoms. The number of nitrogens with one attached hydrogen (secondary N) is 3. The molecule has 0 saturated heterocycles. The molecule has 0 radical (unpaired) electrons. The van der Waals surface area contributed by atoms with Gasteiger partial charge in [-0.05, 0) is 97.0 Å². The van der Waals surface area contributed by atoms with Crippen molar-refractivity contribution in [3.8, 4) is 0 Å². The van der Waals surface area contributed by atoms with E-state index in [-0.39, 0.29) is 29.2 Å². The van der Waals surface area contributed by atoms with E-state index >= 15 is 0 Å². The lowest BCUT2D eigenvalue weighted by molar-refractivity contribution is 0.0928. The lowest BCUT2D eigenvalue weighted by atomic mass is 9.98. The van der Waals surface area contributed by atoms with Gasteiger partial charge < -0.3 is 20.4 Å². The van der Waals surface area contributed by atoms with Crippen molar-refractivity contribution < 1.29 is 18.0 Å². The molecule has 4 aromatic rings. The average molecular weight is 669 g/mol. The van der Waals surface area contributed by atoms with Crippen LogP contribution in [0.5, 0.6) is 0 Å².